The van der Waals surface area contributed by atoms with Gasteiger partial charge in [-0.25, -0.2) is 8.42 Å². The van der Waals surface area contributed by atoms with Crippen molar-refractivity contribution in [3.8, 4) is 0 Å². The molecule has 1 amide bonds. The molecule has 0 fully saturated rings. The molecule has 0 unspecified atom stereocenters. The fourth-order valence-corrected chi connectivity index (χ4v) is 4.43. The molecule has 0 aliphatic heterocycles. The SMILES string of the molecule is Cc1ccc(S(=O)(=O)N(CC(=O)NCCCOC(C)C)c2cccc(C)c2C)cc1. The first-order valence-electron chi connectivity index (χ1n) is 10.2. The second-order valence-corrected chi connectivity index (χ2v) is 9.53. The predicted octanol–water partition coefficient (Wildman–Crippen LogP) is 3.74. The maximum atomic E-state index is 13.4. The zero-order valence-electron chi connectivity index (χ0n) is 18.4. The van der Waals surface area contributed by atoms with Gasteiger partial charge in [-0.15, -0.1) is 0 Å². The number of sulfonamides is 1. The number of nitrogens with zero attached hydrogens (tertiary/aromatic N) is 1. The van der Waals surface area contributed by atoms with Crippen LogP contribution in [-0.2, 0) is 19.6 Å². The maximum Gasteiger partial charge on any atom is 0.264 e. The summed E-state index contributed by atoms with van der Waals surface area (Å²) in [6.07, 6.45) is 0.804. The summed E-state index contributed by atoms with van der Waals surface area (Å²) in [6.45, 7) is 10.3. The number of aryl methyl sites for hydroxylation is 2. The quantitative estimate of drug-likeness (QED) is 0.581. The van der Waals surface area contributed by atoms with Gasteiger partial charge in [-0.2, -0.15) is 0 Å². The van der Waals surface area contributed by atoms with Gasteiger partial charge in [-0.3, -0.25) is 9.10 Å². The van der Waals surface area contributed by atoms with Crippen molar-refractivity contribution in [3.63, 3.8) is 0 Å². The van der Waals surface area contributed by atoms with E-state index in [1.165, 1.54) is 4.31 Å². The number of ether oxygens (including phenoxy) is 1. The summed E-state index contributed by atoms with van der Waals surface area (Å²) in [5.74, 6) is -0.351. The van der Waals surface area contributed by atoms with E-state index in [1.54, 1.807) is 36.4 Å². The van der Waals surface area contributed by atoms with Gasteiger partial charge in [0.2, 0.25) is 5.91 Å². The number of benzene rings is 2. The zero-order valence-corrected chi connectivity index (χ0v) is 19.3. The molecule has 2 rings (SSSR count). The van der Waals surface area contributed by atoms with Gasteiger partial charge >= 0.3 is 0 Å². The monoisotopic (exact) mass is 432 g/mol. The number of rotatable bonds is 10. The van der Waals surface area contributed by atoms with E-state index in [4.69, 9.17) is 4.74 Å². The minimum absolute atomic E-state index is 0.139. The molecule has 0 aliphatic carbocycles. The van der Waals surface area contributed by atoms with Crippen molar-refractivity contribution in [2.45, 2.75) is 52.0 Å². The van der Waals surface area contributed by atoms with Gasteiger partial charge in [0.25, 0.3) is 10.0 Å². The van der Waals surface area contributed by atoms with Crippen LogP contribution in [-0.4, -0.2) is 40.1 Å². The second kappa shape index (κ2) is 10.6. The predicted molar refractivity (Wildman–Crippen MR) is 120 cm³/mol. The van der Waals surface area contributed by atoms with Crippen LogP contribution in [0, 0.1) is 20.8 Å². The molecule has 6 nitrogen and oxygen atoms in total. The zero-order chi connectivity index (χ0) is 22.3. The Bertz CT molecular complexity index is 954. The molecule has 2 aromatic carbocycles. The van der Waals surface area contributed by atoms with Crippen LogP contribution < -0.4 is 9.62 Å². The highest BCUT2D eigenvalue weighted by atomic mass is 32.2. The number of nitrogens with one attached hydrogen (secondary N) is 1. The lowest BCUT2D eigenvalue weighted by atomic mass is 10.1. The Morgan fingerprint density at radius 2 is 1.73 bits per heavy atom. The van der Waals surface area contributed by atoms with Gasteiger partial charge < -0.3 is 10.1 Å². The van der Waals surface area contributed by atoms with Crippen LogP contribution in [0.4, 0.5) is 5.69 Å². The number of anilines is 1. The molecule has 0 atom stereocenters. The van der Waals surface area contributed by atoms with E-state index in [-0.39, 0.29) is 23.5 Å². The molecule has 7 heteroatoms. The van der Waals surface area contributed by atoms with Gasteiger partial charge in [0, 0.05) is 13.2 Å². The molecular weight excluding hydrogens is 400 g/mol. The maximum absolute atomic E-state index is 13.4. The van der Waals surface area contributed by atoms with Crippen LogP contribution >= 0.6 is 0 Å². The summed E-state index contributed by atoms with van der Waals surface area (Å²) in [6, 6.07) is 12.1. The van der Waals surface area contributed by atoms with E-state index in [1.807, 2.05) is 40.7 Å². The third-order valence-corrected chi connectivity index (χ3v) is 6.61. The average molecular weight is 433 g/mol. The molecule has 0 saturated heterocycles. The summed E-state index contributed by atoms with van der Waals surface area (Å²) < 4.78 is 33.5. The molecule has 0 radical (unpaired) electrons. The molecule has 30 heavy (non-hydrogen) atoms. The Labute approximate surface area is 180 Å². The smallest absolute Gasteiger partial charge is 0.264 e. The highest BCUT2D eigenvalue weighted by molar-refractivity contribution is 7.92. The molecule has 0 spiro atoms. The van der Waals surface area contributed by atoms with Crippen molar-refractivity contribution in [1.82, 2.24) is 5.32 Å². The Balaban J connectivity index is 2.25. The molecular formula is C23H32N2O4S. The molecule has 1 N–H and O–H groups in total. The lowest BCUT2D eigenvalue weighted by molar-refractivity contribution is -0.119. The lowest BCUT2D eigenvalue weighted by Crippen LogP contribution is -2.41. The lowest BCUT2D eigenvalue weighted by Gasteiger charge is -2.26. The normalized spacial score (nSPS) is 11.5. The van der Waals surface area contributed by atoms with E-state index in [9.17, 15) is 13.2 Å². The summed E-state index contributed by atoms with van der Waals surface area (Å²) in [5.41, 5.74) is 3.26. The van der Waals surface area contributed by atoms with Gasteiger partial charge in [0.15, 0.2) is 0 Å². The topological polar surface area (TPSA) is 75.7 Å². The molecule has 0 saturated carbocycles. The highest BCUT2D eigenvalue weighted by Gasteiger charge is 2.28. The van der Waals surface area contributed by atoms with E-state index >= 15 is 0 Å². The number of amides is 1. The van der Waals surface area contributed by atoms with E-state index in [0.29, 0.717) is 25.3 Å². The molecule has 0 aliphatic rings. The first-order chi connectivity index (χ1) is 14.1. The molecule has 164 valence electrons. The fourth-order valence-electron chi connectivity index (χ4n) is 2.95. The Kier molecular flexibility index (Phi) is 8.43. The van der Waals surface area contributed by atoms with Crippen molar-refractivity contribution in [1.29, 1.82) is 0 Å². The third-order valence-electron chi connectivity index (χ3n) is 4.84. The highest BCUT2D eigenvalue weighted by Crippen LogP contribution is 2.28. The Morgan fingerprint density at radius 3 is 2.37 bits per heavy atom. The minimum Gasteiger partial charge on any atom is -0.379 e. The van der Waals surface area contributed by atoms with E-state index in [2.05, 4.69) is 5.32 Å². The molecule has 0 bridgehead atoms. The molecule has 2 aromatic rings. The third kappa shape index (κ3) is 6.31. The van der Waals surface area contributed by atoms with Crippen molar-refractivity contribution >= 4 is 21.6 Å². The summed E-state index contributed by atoms with van der Waals surface area (Å²) in [5, 5.41) is 2.80. The number of hydrogen-bond donors (Lipinski definition) is 1. The minimum atomic E-state index is -3.90. The van der Waals surface area contributed by atoms with Crippen molar-refractivity contribution < 1.29 is 17.9 Å². The molecule has 0 heterocycles. The van der Waals surface area contributed by atoms with E-state index < -0.39 is 10.0 Å². The Hall–Kier alpha value is -2.38. The first-order valence-corrected chi connectivity index (χ1v) is 11.6. The fraction of sp³-hybridized carbons (Fsp3) is 0.435. The summed E-state index contributed by atoms with van der Waals surface area (Å²) >= 11 is 0. The largest absolute Gasteiger partial charge is 0.379 e. The number of carbonyl (C=O) groups excluding carboxylic acids is 1. The summed E-state index contributed by atoms with van der Waals surface area (Å²) in [4.78, 5) is 12.8. The molecule has 0 aromatic heterocycles. The van der Waals surface area contributed by atoms with Gasteiger partial charge in [-0.05, 0) is 70.4 Å². The number of carbonyl (C=O) groups is 1. The van der Waals surface area contributed by atoms with Crippen LogP contribution in [0.15, 0.2) is 47.4 Å². The van der Waals surface area contributed by atoms with Crippen molar-refractivity contribution in [3.05, 3.63) is 59.2 Å². The van der Waals surface area contributed by atoms with Gasteiger partial charge in [0.1, 0.15) is 6.54 Å². The summed E-state index contributed by atoms with van der Waals surface area (Å²) in [7, 11) is -3.90. The van der Waals surface area contributed by atoms with E-state index in [0.717, 1.165) is 16.7 Å². The second-order valence-electron chi connectivity index (χ2n) is 7.67. The van der Waals surface area contributed by atoms with Crippen LogP contribution in [0.5, 0.6) is 0 Å². The Morgan fingerprint density at radius 1 is 1.07 bits per heavy atom. The van der Waals surface area contributed by atoms with Gasteiger partial charge in [-0.1, -0.05) is 29.8 Å². The van der Waals surface area contributed by atoms with Crippen LogP contribution in [0.2, 0.25) is 0 Å². The van der Waals surface area contributed by atoms with Crippen LogP contribution in [0.3, 0.4) is 0 Å². The standard InChI is InChI=1S/C23H32N2O4S/c1-17(2)29-15-7-14-24-23(26)16-25(22-9-6-8-19(4)20(22)5)30(27,28)21-12-10-18(3)11-13-21/h6,8-13,17H,7,14-16H2,1-5H3,(H,24,26). The average Bonchev–Trinajstić information content (AvgIpc) is 2.68. The first kappa shape index (κ1) is 23.9. The van der Waals surface area contributed by atoms with Gasteiger partial charge in [0.05, 0.1) is 16.7 Å². The number of hydrogen-bond acceptors (Lipinski definition) is 4. The van der Waals surface area contributed by atoms with Crippen LogP contribution in [0.25, 0.3) is 0 Å². The van der Waals surface area contributed by atoms with Crippen LogP contribution in [0.1, 0.15) is 37.0 Å². The van der Waals surface area contributed by atoms with Crippen molar-refractivity contribution in [2.24, 2.45) is 0 Å². The van der Waals surface area contributed by atoms with Crippen molar-refractivity contribution in [2.75, 3.05) is 24.0 Å².